The number of nitrogens with zero attached hydrogens (tertiary/aromatic N) is 2. The number of aromatic nitrogens is 2. The Hall–Kier alpha value is -1.35. The third-order valence-electron chi connectivity index (χ3n) is 4.90. The van der Waals surface area contributed by atoms with E-state index in [4.69, 9.17) is 4.98 Å². The van der Waals surface area contributed by atoms with Crippen LogP contribution >= 0.6 is 0 Å². The second-order valence-corrected chi connectivity index (χ2v) is 6.17. The molecule has 1 aromatic heterocycles. The molecule has 2 unspecified atom stereocenters. The molecule has 0 amide bonds. The summed E-state index contributed by atoms with van der Waals surface area (Å²) in [5.74, 6) is 2.06. The molecule has 2 atom stereocenters. The molecule has 0 spiro atoms. The first kappa shape index (κ1) is 14.6. The molecule has 0 radical (unpaired) electrons. The van der Waals surface area contributed by atoms with Crippen molar-refractivity contribution >= 4 is 11.0 Å². The highest BCUT2D eigenvalue weighted by atomic mass is 15.1. The molecule has 0 bridgehead atoms. The molecule has 114 valence electrons. The van der Waals surface area contributed by atoms with Gasteiger partial charge in [0.15, 0.2) is 0 Å². The summed E-state index contributed by atoms with van der Waals surface area (Å²) >= 11 is 0. The smallest absolute Gasteiger partial charge is 0.109 e. The minimum Gasteiger partial charge on any atom is -0.328 e. The Balaban J connectivity index is 1.75. The molecule has 1 N–H and O–H groups in total. The van der Waals surface area contributed by atoms with E-state index in [1.54, 1.807) is 0 Å². The number of hydrogen-bond donors (Lipinski definition) is 1. The van der Waals surface area contributed by atoms with E-state index in [1.165, 1.54) is 37.0 Å². The lowest BCUT2D eigenvalue weighted by Gasteiger charge is -2.21. The molecule has 3 nitrogen and oxygen atoms in total. The van der Waals surface area contributed by atoms with Gasteiger partial charge < -0.3 is 9.88 Å². The van der Waals surface area contributed by atoms with Crippen molar-refractivity contribution in [2.45, 2.75) is 58.5 Å². The van der Waals surface area contributed by atoms with Crippen LogP contribution in [0.2, 0.25) is 0 Å². The maximum absolute atomic E-state index is 4.78. The van der Waals surface area contributed by atoms with Crippen molar-refractivity contribution in [2.24, 2.45) is 5.92 Å². The van der Waals surface area contributed by atoms with Gasteiger partial charge in [-0.1, -0.05) is 32.4 Å². The van der Waals surface area contributed by atoms with Crippen LogP contribution in [-0.2, 0) is 13.0 Å². The van der Waals surface area contributed by atoms with E-state index in [-0.39, 0.29) is 0 Å². The molecule has 21 heavy (non-hydrogen) atoms. The fraction of sp³-hybridized carbons (Fsp3) is 0.611. The van der Waals surface area contributed by atoms with Crippen LogP contribution in [0, 0.1) is 5.92 Å². The van der Waals surface area contributed by atoms with Crippen LogP contribution in [0.3, 0.4) is 0 Å². The number of fused-ring (bicyclic) bond motifs is 1. The Bertz CT molecular complexity index is 587. The second-order valence-electron chi connectivity index (χ2n) is 6.17. The van der Waals surface area contributed by atoms with E-state index in [0.717, 1.165) is 37.0 Å². The molecule has 1 heterocycles. The Morgan fingerprint density at radius 2 is 2.10 bits per heavy atom. The number of rotatable bonds is 6. The second kappa shape index (κ2) is 6.61. The number of benzene rings is 1. The number of nitrogens with one attached hydrogen (secondary N) is 1. The Labute approximate surface area is 127 Å². The highest BCUT2D eigenvalue weighted by Gasteiger charge is 2.26. The van der Waals surface area contributed by atoms with Crippen LogP contribution < -0.4 is 5.32 Å². The minimum absolute atomic E-state index is 0.731. The standard InChI is InChI=1S/C18H27N3/c1-3-18-20-16-9-5-6-11-17(16)21(18)13-12-14-8-7-10-15(14)19-4-2/h5-6,9,11,14-15,19H,3-4,7-8,10,12-13H2,1-2H3. The van der Waals surface area contributed by atoms with Gasteiger partial charge in [0.2, 0.25) is 0 Å². The van der Waals surface area contributed by atoms with E-state index in [1.807, 2.05) is 0 Å². The van der Waals surface area contributed by atoms with Crippen LogP contribution in [0.4, 0.5) is 0 Å². The van der Waals surface area contributed by atoms with Crippen molar-refractivity contribution in [3.8, 4) is 0 Å². The van der Waals surface area contributed by atoms with Gasteiger partial charge in [0.1, 0.15) is 5.82 Å². The van der Waals surface area contributed by atoms with Crippen molar-refractivity contribution in [2.75, 3.05) is 6.54 Å². The number of imidazole rings is 1. The van der Waals surface area contributed by atoms with Gasteiger partial charge in [0, 0.05) is 19.0 Å². The maximum Gasteiger partial charge on any atom is 0.109 e. The number of aryl methyl sites for hydroxylation is 2. The molecule has 1 aliphatic carbocycles. The van der Waals surface area contributed by atoms with Gasteiger partial charge in [0.05, 0.1) is 11.0 Å². The average Bonchev–Trinajstić information content (AvgIpc) is 3.09. The monoisotopic (exact) mass is 285 g/mol. The van der Waals surface area contributed by atoms with Crippen LogP contribution in [0.1, 0.15) is 45.4 Å². The van der Waals surface area contributed by atoms with Crippen molar-refractivity contribution in [1.82, 2.24) is 14.9 Å². The van der Waals surface area contributed by atoms with Crippen molar-refractivity contribution in [3.63, 3.8) is 0 Å². The number of hydrogen-bond acceptors (Lipinski definition) is 2. The van der Waals surface area contributed by atoms with Gasteiger partial charge in [-0.25, -0.2) is 4.98 Å². The summed E-state index contributed by atoms with van der Waals surface area (Å²) in [5, 5.41) is 3.67. The van der Waals surface area contributed by atoms with Crippen molar-refractivity contribution < 1.29 is 0 Å². The van der Waals surface area contributed by atoms with Gasteiger partial charge in [-0.2, -0.15) is 0 Å². The Kier molecular flexibility index (Phi) is 4.59. The van der Waals surface area contributed by atoms with E-state index in [0.29, 0.717) is 0 Å². The van der Waals surface area contributed by atoms with Crippen LogP contribution in [0.25, 0.3) is 11.0 Å². The van der Waals surface area contributed by atoms with Gasteiger partial charge in [-0.05, 0) is 43.9 Å². The molecular weight excluding hydrogens is 258 g/mol. The lowest BCUT2D eigenvalue weighted by Crippen LogP contribution is -2.32. The molecule has 1 aliphatic rings. The van der Waals surface area contributed by atoms with E-state index in [9.17, 15) is 0 Å². The van der Waals surface area contributed by atoms with Gasteiger partial charge in [-0.15, -0.1) is 0 Å². The molecule has 0 saturated heterocycles. The van der Waals surface area contributed by atoms with Gasteiger partial charge in [0.25, 0.3) is 0 Å². The molecule has 3 heteroatoms. The first-order chi connectivity index (χ1) is 10.3. The predicted octanol–water partition coefficient (Wildman–Crippen LogP) is 3.77. The fourth-order valence-corrected chi connectivity index (χ4v) is 3.85. The average molecular weight is 285 g/mol. The Morgan fingerprint density at radius 3 is 2.90 bits per heavy atom. The molecule has 0 aliphatic heterocycles. The van der Waals surface area contributed by atoms with E-state index >= 15 is 0 Å². The number of para-hydroxylation sites is 2. The zero-order chi connectivity index (χ0) is 14.7. The molecule has 1 fully saturated rings. The first-order valence-electron chi connectivity index (χ1n) is 8.51. The third-order valence-corrected chi connectivity index (χ3v) is 4.90. The topological polar surface area (TPSA) is 29.9 Å². The molecule has 1 saturated carbocycles. The van der Waals surface area contributed by atoms with Crippen LogP contribution in [-0.4, -0.2) is 22.1 Å². The summed E-state index contributed by atoms with van der Waals surface area (Å²) in [6, 6.07) is 9.27. The summed E-state index contributed by atoms with van der Waals surface area (Å²) in [6.07, 6.45) is 6.39. The van der Waals surface area contributed by atoms with E-state index in [2.05, 4.69) is 48.0 Å². The van der Waals surface area contributed by atoms with Crippen LogP contribution in [0.5, 0.6) is 0 Å². The molecule has 1 aromatic carbocycles. The molecular formula is C18H27N3. The summed E-state index contributed by atoms with van der Waals surface area (Å²) in [5.41, 5.74) is 2.44. The lowest BCUT2D eigenvalue weighted by molar-refractivity contribution is 0.366. The lowest BCUT2D eigenvalue weighted by atomic mass is 9.99. The van der Waals surface area contributed by atoms with Gasteiger partial charge >= 0.3 is 0 Å². The SMILES string of the molecule is CCNC1CCCC1CCn1c(CC)nc2ccccc21. The van der Waals surface area contributed by atoms with Crippen molar-refractivity contribution in [3.05, 3.63) is 30.1 Å². The minimum atomic E-state index is 0.731. The predicted molar refractivity (Wildman–Crippen MR) is 88.5 cm³/mol. The van der Waals surface area contributed by atoms with E-state index < -0.39 is 0 Å². The highest BCUT2D eigenvalue weighted by molar-refractivity contribution is 5.75. The largest absolute Gasteiger partial charge is 0.328 e. The third kappa shape index (κ3) is 2.98. The zero-order valence-electron chi connectivity index (χ0n) is 13.3. The van der Waals surface area contributed by atoms with Crippen molar-refractivity contribution in [1.29, 1.82) is 0 Å². The highest BCUT2D eigenvalue weighted by Crippen LogP contribution is 2.29. The summed E-state index contributed by atoms with van der Waals surface area (Å²) < 4.78 is 2.44. The van der Waals surface area contributed by atoms with Gasteiger partial charge in [-0.3, -0.25) is 0 Å². The quantitative estimate of drug-likeness (QED) is 0.875. The summed E-state index contributed by atoms with van der Waals surface area (Å²) in [4.78, 5) is 4.78. The maximum atomic E-state index is 4.78. The molecule has 2 aromatic rings. The fourth-order valence-electron chi connectivity index (χ4n) is 3.85. The summed E-state index contributed by atoms with van der Waals surface area (Å²) in [7, 11) is 0. The molecule has 3 rings (SSSR count). The normalized spacial score (nSPS) is 22.2. The summed E-state index contributed by atoms with van der Waals surface area (Å²) in [6.45, 7) is 6.62. The Morgan fingerprint density at radius 1 is 1.24 bits per heavy atom. The first-order valence-corrected chi connectivity index (χ1v) is 8.51. The zero-order valence-corrected chi connectivity index (χ0v) is 13.3. The van der Waals surface area contributed by atoms with Crippen LogP contribution in [0.15, 0.2) is 24.3 Å².